The zero-order valence-corrected chi connectivity index (χ0v) is 9.25. The number of nitrogens with zero attached hydrogens (tertiary/aromatic N) is 1. The predicted molar refractivity (Wildman–Crippen MR) is 60.5 cm³/mol. The average Bonchev–Trinajstić information content (AvgIpc) is 2.29. The molecule has 3 nitrogen and oxygen atoms in total. The van der Waals surface area contributed by atoms with Crippen LogP contribution in [0.15, 0.2) is 23.3 Å². The van der Waals surface area contributed by atoms with Gasteiger partial charge in [0.15, 0.2) is 0 Å². The summed E-state index contributed by atoms with van der Waals surface area (Å²) in [5.41, 5.74) is 2.21. The van der Waals surface area contributed by atoms with E-state index in [0.717, 1.165) is 44.6 Å². The smallest absolute Gasteiger partial charge is 0.249 e. The average molecular weight is 206 g/mol. The molecule has 0 radical (unpaired) electrons. The molecular formula is C12H18N2O. The van der Waals surface area contributed by atoms with E-state index in [1.54, 1.807) is 0 Å². The van der Waals surface area contributed by atoms with Crippen molar-refractivity contribution in [2.75, 3.05) is 26.2 Å². The van der Waals surface area contributed by atoms with Crippen LogP contribution in [-0.4, -0.2) is 37.0 Å². The number of rotatable bonds is 1. The molecule has 0 bridgehead atoms. The van der Waals surface area contributed by atoms with Crippen molar-refractivity contribution in [3.05, 3.63) is 23.3 Å². The first kappa shape index (κ1) is 10.4. The summed E-state index contributed by atoms with van der Waals surface area (Å²) in [4.78, 5) is 14.1. The van der Waals surface area contributed by atoms with Crippen molar-refractivity contribution >= 4 is 5.91 Å². The lowest BCUT2D eigenvalue weighted by atomic mass is 9.99. The molecule has 15 heavy (non-hydrogen) atoms. The maximum Gasteiger partial charge on any atom is 0.249 e. The molecule has 82 valence electrons. The van der Waals surface area contributed by atoms with E-state index in [1.165, 1.54) is 5.57 Å². The van der Waals surface area contributed by atoms with Gasteiger partial charge in [0.2, 0.25) is 5.91 Å². The Balaban J connectivity index is 2.03. The second-order valence-electron chi connectivity index (χ2n) is 4.20. The van der Waals surface area contributed by atoms with Crippen molar-refractivity contribution < 1.29 is 4.79 Å². The molecule has 1 N–H and O–H groups in total. The normalized spacial score (nSPS) is 22.1. The standard InChI is InChI=1S/C12H18N2O/c1-10-3-2-4-11(9-10)12(15)14-7-5-13-6-8-14/h3,9,13H,2,4-8H2,1H3. The minimum Gasteiger partial charge on any atom is -0.336 e. The van der Waals surface area contributed by atoms with Gasteiger partial charge in [0, 0.05) is 31.8 Å². The third-order valence-electron chi connectivity index (χ3n) is 2.96. The number of carbonyl (C=O) groups is 1. The van der Waals surface area contributed by atoms with E-state index >= 15 is 0 Å². The Hall–Kier alpha value is -1.09. The van der Waals surface area contributed by atoms with Crippen LogP contribution in [0.2, 0.25) is 0 Å². The van der Waals surface area contributed by atoms with Crippen LogP contribution in [0.4, 0.5) is 0 Å². The Morgan fingerprint density at radius 3 is 2.80 bits per heavy atom. The first-order chi connectivity index (χ1) is 7.27. The molecule has 0 atom stereocenters. The molecule has 0 aromatic carbocycles. The van der Waals surface area contributed by atoms with Crippen molar-refractivity contribution in [2.45, 2.75) is 19.8 Å². The monoisotopic (exact) mass is 206 g/mol. The van der Waals surface area contributed by atoms with E-state index in [1.807, 2.05) is 11.0 Å². The largest absolute Gasteiger partial charge is 0.336 e. The first-order valence-electron chi connectivity index (χ1n) is 5.65. The van der Waals surface area contributed by atoms with Crippen molar-refractivity contribution in [1.82, 2.24) is 10.2 Å². The molecule has 1 saturated heterocycles. The van der Waals surface area contributed by atoms with Gasteiger partial charge in [0.05, 0.1) is 0 Å². The van der Waals surface area contributed by atoms with Gasteiger partial charge in [-0.05, 0) is 19.8 Å². The molecule has 1 heterocycles. The Morgan fingerprint density at radius 1 is 1.40 bits per heavy atom. The minimum absolute atomic E-state index is 0.240. The lowest BCUT2D eigenvalue weighted by Crippen LogP contribution is -2.47. The lowest BCUT2D eigenvalue weighted by Gasteiger charge is -2.28. The van der Waals surface area contributed by atoms with Crippen molar-refractivity contribution in [1.29, 1.82) is 0 Å². The van der Waals surface area contributed by atoms with Gasteiger partial charge in [0.25, 0.3) is 0 Å². The topological polar surface area (TPSA) is 32.3 Å². The van der Waals surface area contributed by atoms with E-state index in [-0.39, 0.29) is 5.91 Å². The van der Waals surface area contributed by atoms with Gasteiger partial charge < -0.3 is 10.2 Å². The van der Waals surface area contributed by atoms with Crippen molar-refractivity contribution in [3.63, 3.8) is 0 Å². The molecule has 1 aliphatic heterocycles. The molecule has 1 amide bonds. The number of hydrogen-bond acceptors (Lipinski definition) is 2. The fourth-order valence-corrected chi connectivity index (χ4v) is 2.10. The Labute approximate surface area is 90.8 Å². The van der Waals surface area contributed by atoms with E-state index in [2.05, 4.69) is 18.3 Å². The summed E-state index contributed by atoms with van der Waals surface area (Å²) in [7, 11) is 0. The van der Waals surface area contributed by atoms with Crippen LogP contribution in [0, 0.1) is 0 Å². The zero-order valence-electron chi connectivity index (χ0n) is 9.25. The molecule has 2 aliphatic rings. The van der Waals surface area contributed by atoms with Crippen LogP contribution in [0.3, 0.4) is 0 Å². The van der Waals surface area contributed by atoms with Gasteiger partial charge in [0.1, 0.15) is 0 Å². The molecule has 2 rings (SSSR count). The zero-order chi connectivity index (χ0) is 10.7. The van der Waals surface area contributed by atoms with Crippen LogP contribution in [0.25, 0.3) is 0 Å². The first-order valence-corrected chi connectivity index (χ1v) is 5.65. The number of nitrogens with one attached hydrogen (secondary N) is 1. The number of hydrogen-bond donors (Lipinski definition) is 1. The van der Waals surface area contributed by atoms with Crippen LogP contribution in [0.5, 0.6) is 0 Å². The molecule has 0 saturated carbocycles. The Bertz CT molecular complexity index is 312. The second kappa shape index (κ2) is 4.62. The molecule has 0 aromatic rings. The molecule has 3 heteroatoms. The summed E-state index contributed by atoms with van der Waals surface area (Å²) < 4.78 is 0. The molecule has 0 spiro atoms. The summed E-state index contributed by atoms with van der Waals surface area (Å²) in [6.07, 6.45) is 6.14. The highest BCUT2D eigenvalue weighted by Crippen LogP contribution is 2.19. The fourth-order valence-electron chi connectivity index (χ4n) is 2.10. The SMILES string of the molecule is CC1=CCCC(C(=O)N2CCNCC2)=C1. The van der Waals surface area contributed by atoms with E-state index in [4.69, 9.17) is 0 Å². The highest BCUT2D eigenvalue weighted by molar-refractivity contribution is 5.94. The molecule has 0 aromatic heterocycles. The van der Waals surface area contributed by atoms with Crippen molar-refractivity contribution in [2.24, 2.45) is 0 Å². The Morgan fingerprint density at radius 2 is 2.13 bits per heavy atom. The quantitative estimate of drug-likeness (QED) is 0.696. The number of allylic oxidation sites excluding steroid dienone is 3. The molecule has 1 fully saturated rings. The summed E-state index contributed by atoms with van der Waals surface area (Å²) in [5.74, 6) is 0.240. The van der Waals surface area contributed by atoms with Gasteiger partial charge in [-0.3, -0.25) is 4.79 Å². The van der Waals surface area contributed by atoms with Crippen LogP contribution >= 0.6 is 0 Å². The minimum atomic E-state index is 0.240. The summed E-state index contributed by atoms with van der Waals surface area (Å²) in [5, 5.41) is 3.26. The second-order valence-corrected chi connectivity index (χ2v) is 4.20. The third kappa shape index (κ3) is 2.48. The summed E-state index contributed by atoms with van der Waals surface area (Å²) in [6, 6.07) is 0. The van der Waals surface area contributed by atoms with E-state index < -0.39 is 0 Å². The van der Waals surface area contributed by atoms with Gasteiger partial charge >= 0.3 is 0 Å². The van der Waals surface area contributed by atoms with Gasteiger partial charge in [-0.25, -0.2) is 0 Å². The van der Waals surface area contributed by atoms with Crippen LogP contribution < -0.4 is 5.32 Å². The van der Waals surface area contributed by atoms with Gasteiger partial charge in [-0.1, -0.05) is 17.7 Å². The number of carbonyl (C=O) groups excluding carboxylic acids is 1. The van der Waals surface area contributed by atoms with E-state index in [9.17, 15) is 4.79 Å². The van der Waals surface area contributed by atoms with E-state index in [0.29, 0.717) is 0 Å². The Kier molecular flexibility index (Phi) is 3.21. The highest BCUT2D eigenvalue weighted by atomic mass is 16.2. The molecule has 1 aliphatic carbocycles. The third-order valence-corrected chi connectivity index (χ3v) is 2.96. The van der Waals surface area contributed by atoms with Gasteiger partial charge in [-0.15, -0.1) is 0 Å². The molecule has 0 unspecified atom stereocenters. The summed E-state index contributed by atoms with van der Waals surface area (Å²) >= 11 is 0. The maximum atomic E-state index is 12.1. The number of piperazine rings is 1. The van der Waals surface area contributed by atoms with Crippen molar-refractivity contribution in [3.8, 4) is 0 Å². The van der Waals surface area contributed by atoms with Crippen LogP contribution in [0.1, 0.15) is 19.8 Å². The predicted octanol–water partition coefficient (Wildman–Crippen LogP) is 1.08. The van der Waals surface area contributed by atoms with Gasteiger partial charge in [-0.2, -0.15) is 0 Å². The van der Waals surface area contributed by atoms with Crippen LogP contribution in [-0.2, 0) is 4.79 Å². The summed E-state index contributed by atoms with van der Waals surface area (Å²) in [6.45, 7) is 5.60. The number of amides is 1. The lowest BCUT2D eigenvalue weighted by molar-refractivity contribution is -0.127. The fraction of sp³-hybridized carbons (Fsp3) is 0.583. The highest BCUT2D eigenvalue weighted by Gasteiger charge is 2.20. The molecular weight excluding hydrogens is 188 g/mol. The maximum absolute atomic E-state index is 12.1.